The topological polar surface area (TPSA) is 184 Å². The number of carbonyl (C=O) groups is 2. The van der Waals surface area contributed by atoms with Gasteiger partial charge in [0, 0.05) is 13.3 Å². The fourth-order valence-electron chi connectivity index (χ4n) is 3.31. The lowest BCUT2D eigenvalue weighted by atomic mass is 9.96. The van der Waals surface area contributed by atoms with E-state index in [9.17, 15) is 43.9 Å². The van der Waals surface area contributed by atoms with Crippen LogP contribution in [0.2, 0.25) is 0 Å². The van der Waals surface area contributed by atoms with E-state index in [0.29, 0.717) is 0 Å². The van der Waals surface area contributed by atoms with Crippen LogP contribution < -0.4 is 5.32 Å². The van der Waals surface area contributed by atoms with Gasteiger partial charge in [-0.1, -0.05) is 6.92 Å². The molecule has 0 bridgehead atoms. The van der Waals surface area contributed by atoms with Crippen LogP contribution in [-0.4, -0.2) is 111 Å². The minimum Gasteiger partial charge on any atom is -0.479 e. The molecule has 2 aliphatic rings. The van der Waals surface area contributed by atoms with E-state index in [1.807, 2.05) is 0 Å². The number of aliphatic hydroxyl groups is 4. The molecule has 12 nitrogen and oxygen atoms in total. The molecule has 6 N–H and O–H groups in total. The van der Waals surface area contributed by atoms with Crippen molar-refractivity contribution in [2.45, 2.75) is 94.5 Å². The molecule has 0 aromatic heterocycles. The summed E-state index contributed by atoms with van der Waals surface area (Å²) in [6.07, 6.45) is -15.8. The number of aliphatic carboxylic acids is 1. The maximum atomic E-state index is 13.7. The smallest absolute Gasteiger partial charge is 0.335 e. The number of carboxylic acid groups (broad SMARTS) is 1. The summed E-state index contributed by atoms with van der Waals surface area (Å²) in [5.41, 5.74) is 0. The van der Waals surface area contributed by atoms with Gasteiger partial charge in [0.25, 0.3) is 5.92 Å². The molecule has 0 radical (unpaired) electrons. The second-order valence-electron chi connectivity index (χ2n) is 7.78. The van der Waals surface area contributed by atoms with Crippen molar-refractivity contribution >= 4 is 11.9 Å². The first-order valence-electron chi connectivity index (χ1n) is 9.97. The first-order chi connectivity index (χ1) is 14.8. The average molecular weight is 473 g/mol. The summed E-state index contributed by atoms with van der Waals surface area (Å²) >= 11 is 0. The number of carbonyl (C=O) groups excluding carboxylic acids is 1. The Kier molecular flexibility index (Phi) is 8.86. The maximum Gasteiger partial charge on any atom is 0.335 e. The first kappa shape index (κ1) is 26.7. The molecule has 1 amide bonds. The van der Waals surface area contributed by atoms with E-state index >= 15 is 0 Å². The number of rotatable bonds is 8. The molecule has 2 aliphatic heterocycles. The number of amides is 1. The normalized spacial score (nSPS) is 40.7. The molecule has 0 aliphatic carbocycles. The molecule has 4 unspecified atom stereocenters. The minimum atomic E-state index is -3.30. The summed E-state index contributed by atoms with van der Waals surface area (Å²) in [7, 11) is 0. The van der Waals surface area contributed by atoms with Crippen molar-refractivity contribution in [3.8, 4) is 0 Å². The molecular weight excluding hydrogens is 444 g/mol. The monoisotopic (exact) mass is 473 g/mol. The summed E-state index contributed by atoms with van der Waals surface area (Å²) in [5.74, 6) is -5.61. The van der Waals surface area contributed by atoms with Gasteiger partial charge in [0.2, 0.25) is 5.91 Å². The highest BCUT2D eigenvalue weighted by atomic mass is 19.3. The van der Waals surface area contributed by atoms with E-state index in [2.05, 4.69) is 5.32 Å². The van der Waals surface area contributed by atoms with Crippen molar-refractivity contribution in [1.29, 1.82) is 0 Å². The Morgan fingerprint density at radius 2 is 1.66 bits per heavy atom. The predicted octanol–water partition coefficient (Wildman–Crippen LogP) is -2.06. The van der Waals surface area contributed by atoms with E-state index in [-0.39, 0.29) is 0 Å². The van der Waals surface area contributed by atoms with Gasteiger partial charge in [0.1, 0.15) is 43.2 Å². The van der Waals surface area contributed by atoms with E-state index in [4.69, 9.17) is 18.9 Å². The number of hydrogen-bond donors (Lipinski definition) is 6. The lowest BCUT2D eigenvalue weighted by Gasteiger charge is -2.46. The van der Waals surface area contributed by atoms with Gasteiger partial charge in [-0.15, -0.1) is 0 Å². The quantitative estimate of drug-likeness (QED) is 0.228. The Labute approximate surface area is 182 Å². The molecule has 14 heteroatoms. The van der Waals surface area contributed by atoms with Crippen molar-refractivity contribution in [1.82, 2.24) is 5.32 Å². The van der Waals surface area contributed by atoms with Crippen LogP contribution in [0.1, 0.15) is 27.2 Å². The highest BCUT2D eigenvalue weighted by Crippen LogP contribution is 2.31. The Bertz CT molecular complexity index is 669. The van der Waals surface area contributed by atoms with Crippen molar-refractivity contribution in [2.75, 3.05) is 6.61 Å². The highest BCUT2D eigenvalue weighted by molar-refractivity contribution is 5.73. The SMILES string of the molecule is CCC(F)(F)CO[C@@H]1OC(C(=O)O)[C@@H](O)[C@H](O)C1O[C@@H]1OC(C)[C@@H](O)[C@H](O)C1NC(C)=O. The number of aliphatic hydroxyl groups excluding tert-OH is 4. The molecule has 0 aromatic carbocycles. The lowest BCUT2D eigenvalue weighted by Crippen LogP contribution is -2.67. The third kappa shape index (κ3) is 6.08. The minimum absolute atomic E-state index is 0.600. The lowest BCUT2D eigenvalue weighted by molar-refractivity contribution is -0.353. The molecule has 10 atom stereocenters. The Morgan fingerprint density at radius 1 is 1.03 bits per heavy atom. The van der Waals surface area contributed by atoms with Gasteiger partial charge < -0.3 is 49.8 Å². The van der Waals surface area contributed by atoms with Crippen molar-refractivity contribution in [2.24, 2.45) is 0 Å². The van der Waals surface area contributed by atoms with Crippen molar-refractivity contribution in [3.05, 3.63) is 0 Å². The van der Waals surface area contributed by atoms with Gasteiger partial charge in [0.05, 0.1) is 6.10 Å². The Morgan fingerprint density at radius 3 is 2.19 bits per heavy atom. The zero-order valence-corrected chi connectivity index (χ0v) is 17.6. The third-order valence-corrected chi connectivity index (χ3v) is 5.27. The van der Waals surface area contributed by atoms with Crippen molar-refractivity contribution in [3.63, 3.8) is 0 Å². The zero-order chi connectivity index (χ0) is 24.4. The molecule has 2 heterocycles. The van der Waals surface area contributed by atoms with E-state index in [1.54, 1.807) is 0 Å². The van der Waals surface area contributed by atoms with E-state index < -0.39 is 92.2 Å². The van der Waals surface area contributed by atoms with Crippen LogP contribution >= 0.6 is 0 Å². The second kappa shape index (κ2) is 10.6. The molecule has 2 fully saturated rings. The van der Waals surface area contributed by atoms with Gasteiger partial charge in [-0.2, -0.15) is 0 Å². The summed E-state index contributed by atoms with van der Waals surface area (Å²) in [4.78, 5) is 22.9. The number of nitrogens with one attached hydrogen (secondary N) is 1. The van der Waals surface area contributed by atoms with Gasteiger partial charge in [-0.05, 0) is 6.92 Å². The molecule has 2 rings (SSSR count). The number of hydrogen-bond acceptors (Lipinski definition) is 10. The largest absolute Gasteiger partial charge is 0.479 e. The maximum absolute atomic E-state index is 13.7. The van der Waals surface area contributed by atoms with Crippen LogP contribution in [0.3, 0.4) is 0 Å². The average Bonchev–Trinajstić information content (AvgIpc) is 2.71. The molecule has 32 heavy (non-hydrogen) atoms. The van der Waals surface area contributed by atoms with Crippen LogP contribution in [0.15, 0.2) is 0 Å². The molecule has 0 saturated carbocycles. The standard InChI is InChI=1S/C18H29F2NO11/c1-4-18(19,20)5-29-17-14(12(26)11(25)13(31-17)15(27)28)32-16-8(21-7(3)22)10(24)9(23)6(2)30-16/h6,8-14,16-17,23-26H,4-5H2,1-3H3,(H,21,22)(H,27,28)/t6?,8?,9-,10-,11+,12+,13?,14?,16+,17-/m1/s1. The van der Waals surface area contributed by atoms with Gasteiger partial charge in [-0.25, -0.2) is 13.6 Å². The Hall–Kier alpha value is -1.52. The summed E-state index contributed by atoms with van der Waals surface area (Å²) in [5, 5.41) is 52.4. The van der Waals surface area contributed by atoms with Gasteiger partial charge in [-0.3, -0.25) is 4.79 Å². The fourth-order valence-corrected chi connectivity index (χ4v) is 3.31. The second-order valence-corrected chi connectivity index (χ2v) is 7.78. The number of ether oxygens (including phenoxy) is 4. The number of alkyl halides is 2. The first-order valence-corrected chi connectivity index (χ1v) is 9.97. The van der Waals surface area contributed by atoms with Crippen LogP contribution in [0, 0.1) is 0 Å². The molecular formula is C18H29F2NO11. The number of halogens is 2. The van der Waals surface area contributed by atoms with Crippen molar-refractivity contribution < 1.29 is 62.8 Å². The Balaban J connectivity index is 2.29. The molecule has 0 spiro atoms. The molecule has 186 valence electrons. The predicted molar refractivity (Wildman–Crippen MR) is 98.3 cm³/mol. The zero-order valence-electron chi connectivity index (χ0n) is 17.6. The van der Waals surface area contributed by atoms with Crippen LogP contribution in [-0.2, 0) is 28.5 Å². The highest BCUT2D eigenvalue weighted by Gasteiger charge is 2.53. The fraction of sp³-hybridized carbons (Fsp3) is 0.889. The van der Waals surface area contributed by atoms with Gasteiger partial charge >= 0.3 is 5.97 Å². The van der Waals surface area contributed by atoms with Crippen LogP contribution in [0.4, 0.5) is 8.78 Å². The van der Waals surface area contributed by atoms with E-state index in [1.165, 1.54) is 13.8 Å². The van der Waals surface area contributed by atoms with Gasteiger partial charge in [0.15, 0.2) is 18.7 Å². The van der Waals surface area contributed by atoms with Crippen LogP contribution in [0.5, 0.6) is 0 Å². The van der Waals surface area contributed by atoms with E-state index in [0.717, 1.165) is 6.92 Å². The molecule has 0 aromatic rings. The number of carboxylic acids is 1. The third-order valence-electron chi connectivity index (χ3n) is 5.27. The summed E-state index contributed by atoms with van der Waals surface area (Å²) < 4.78 is 48.4. The van der Waals surface area contributed by atoms with Crippen LogP contribution in [0.25, 0.3) is 0 Å². The summed E-state index contributed by atoms with van der Waals surface area (Å²) in [6.45, 7) is 2.49. The molecule has 2 saturated heterocycles. The summed E-state index contributed by atoms with van der Waals surface area (Å²) in [6, 6.07) is -1.36.